The summed E-state index contributed by atoms with van der Waals surface area (Å²) in [5.41, 5.74) is 0. The van der Waals surface area contributed by atoms with Gasteiger partial charge in [-0.15, -0.1) is 0 Å². The molecule has 0 aromatic rings. The van der Waals surface area contributed by atoms with Gasteiger partial charge in [0, 0.05) is 0 Å². The fraction of sp³-hybridized carbons (Fsp3) is 0.824. The van der Waals surface area contributed by atoms with E-state index in [-0.39, 0.29) is 31.1 Å². The maximum absolute atomic E-state index is 11.8. The van der Waals surface area contributed by atoms with Crippen LogP contribution in [-0.4, -0.2) is 48.2 Å². The normalized spacial score (nSPS) is 22.0. The molecule has 2 unspecified atom stereocenters. The lowest BCUT2D eigenvalue weighted by Gasteiger charge is -2.28. The van der Waals surface area contributed by atoms with Gasteiger partial charge in [0.25, 0.3) is 0 Å². The third-order valence-corrected chi connectivity index (χ3v) is 4.25. The minimum absolute atomic E-state index is 0.0728. The highest BCUT2D eigenvalue weighted by molar-refractivity contribution is 5.88. The lowest BCUT2D eigenvalue weighted by molar-refractivity contribution is -0.142. The molecule has 0 saturated heterocycles. The number of hydrogen-bond donors (Lipinski definition) is 3. The third kappa shape index (κ3) is 7.77. The molecule has 1 saturated carbocycles. The van der Waals surface area contributed by atoms with Crippen LogP contribution >= 0.6 is 0 Å². The van der Waals surface area contributed by atoms with Gasteiger partial charge < -0.3 is 20.5 Å². The van der Waals surface area contributed by atoms with Gasteiger partial charge in [-0.05, 0) is 31.1 Å². The Balaban J connectivity index is 2.27. The molecule has 1 aliphatic carbocycles. The Morgan fingerprint density at radius 1 is 1.17 bits per heavy atom. The molecule has 0 radical (unpaired) electrons. The van der Waals surface area contributed by atoms with Crippen molar-refractivity contribution >= 4 is 17.8 Å². The maximum Gasteiger partial charge on any atom is 0.326 e. The highest BCUT2D eigenvalue weighted by Crippen LogP contribution is 2.25. The van der Waals surface area contributed by atoms with E-state index in [2.05, 4.69) is 17.6 Å². The van der Waals surface area contributed by atoms with Crippen LogP contribution in [0.15, 0.2) is 0 Å². The van der Waals surface area contributed by atoms with Gasteiger partial charge in [-0.3, -0.25) is 9.59 Å². The van der Waals surface area contributed by atoms with E-state index in [1.807, 2.05) is 13.8 Å². The number of hydrogen-bond acceptors (Lipinski definition) is 4. The van der Waals surface area contributed by atoms with E-state index in [4.69, 9.17) is 9.84 Å². The smallest absolute Gasteiger partial charge is 0.326 e. The summed E-state index contributed by atoms with van der Waals surface area (Å²) in [5, 5.41) is 14.0. The molecule has 7 nitrogen and oxygen atoms in total. The minimum atomic E-state index is -1.07. The molecule has 0 bridgehead atoms. The summed E-state index contributed by atoms with van der Waals surface area (Å²) in [6.45, 7) is 5.57. The Morgan fingerprint density at radius 3 is 2.42 bits per heavy atom. The molecular formula is C17H30N2O5. The molecule has 0 spiro atoms. The van der Waals surface area contributed by atoms with E-state index >= 15 is 0 Å². The van der Waals surface area contributed by atoms with Crippen molar-refractivity contribution in [2.45, 2.75) is 65.0 Å². The van der Waals surface area contributed by atoms with E-state index < -0.39 is 17.9 Å². The van der Waals surface area contributed by atoms with Crippen LogP contribution in [0.25, 0.3) is 0 Å². The third-order valence-electron chi connectivity index (χ3n) is 4.25. The Kier molecular flexibility index (Phi) is 8.74. The molecule has 1 rings (SSSR count). The van der Waals surface area contributed by atoms with Gasteiger partial charge in [-0.1, -0.05) is 33.6 Å². The van der Waals surface area contributed by atoms with Crippen molar-refractivity contribution in [2.75, 3.05) is 13.2 Å². The van der Waals surface area contributed by atoms with Crippen LogP contribution in [0, 0.1) is 11.8 Å². The quantitative estimate of drug-likeness (QED) is 0.586. The fourth-order valence-corrected chi connectivity index (χ4v) is 2.88. The highest BCUT2D eigenvalue weighted by Gasteiger charge is 2.23. The molecular weight excluding hydrogens is 312 g/mol. The highest BCUT2D eigenvalue weighted by atomic mass is 16.5. The molecule has 7 heteroatoms. The predicted molar refractivity (Wildman–Crippen MR) is 89.4 cm³/mol. The summed E-state index contributed by atoms with van der Waals surface area (Å²) in [5.74, 6) is -1.35. The van der Waals surface area contributed by atoms with Crippen molar-refractivity contribution in [3.05, 3.63) is 0 Å². The predicted octanol–water partition coefficient (Wildman–Crippen LogP) is 1.31. The number of ether oxygens (including phenoxy) is 1. The molecule has 2 amide bonds. The number of amides is 2. The Morgan fingerprint density at radius 2 is 1.83 bits per heavy atom. The summed E-state index contributed by atoms with van der Waals surface area (Å²) in [6, 6.07) is -0.936. The minimum Gasteiger partial charge on any atom is -0.480 e. The first-order valence-electron chi connectivity index (χ1n) is 8.70. The van der Waals surface area contributed by atoms with Gasteiger partial charge in [0.05, 0.1) is 12.6 Å². The molecule has 3 atom stereocenters. The topological polar surface area (TPSA) is 105 Å². The van der Waals surface area contributed by atoms with Crippen LogP contribution < -0.4 is 10.6 Å². The first-order valence-corrected chi connectivity index (χ1v) is 8.70. The summed E-state index contributed by atoms with van der Waals surface area (Å²) in [6.07, 6.45) is 4.84. The molecule has 138 valence electrons. The van der Waals surface area contributed by atoms with E-state index in [0.29, 0.717) is 12.3 Å². The van der Waals surface area contributed by atoms with Crippen LogP contribution in [0.1, 0.15) is 52.9 Å². The zero-order chi connectivity index (χ0) is 18.1. The zero-order valence-corrected chi connectivity index (χ0v) is 14.8. The molecule has 24 heavy (non-hydrogen) atoms. The summed E-state index contributed by atoms with van der Waals surface area (Å²) in [4.78, 5) is 34.6. The standard InChI is InChI=1S/C17H30N2O5/c1-11(2)8-13(17(22)23)19-15(20)9-18-16(21)10-24-14-7-5-4-6-12(14)3/h11-14H,4-10H2,1-3H3,(H,18,21)(H,19,20)(H,22,23)/t12?,13-,14?/m0/s1. The second-order valence-corrected chi connectivity index (χ2v) is 6.98. The van der Waals surface area contributed by atoms with Crippen molar-refractivity contribution in [1.29, 1.82) is 0 Å². The fourth-order valence-electron chi connectivity index (χ4n) is 2.88. The zero-order valence-electron chi connectivity index (χ0n) is 14.8. The molecule has 0 aromatic heterocycles. The van der Waals surface area contributed by atoms with Crippen LogP contribution in [-0.2, 0) is 19.1 Å². The second kappa shape index (κ2) is 10.3. The second-order valence-electron chi connectivity index (χ2n) is 6.98. The number of carboxylic acids is 1. The van der Waals surface area contributed by atoms with E-state index in [0.717, 1.165) is 19.3 Å². The summed E-state index contributed by atoms with van der Waals surface area (Å²) >= 11 is 0. The molecule has 0 heterocycles. The summed E-state index contributed by atoms with van der Waals surface area (Å²) < 4.78 is 5.62. The van der Waals surface area contributed by atoms with Gasteiger partial charge in [0.1, 0.15) is 12.6 Å². The number of carbonyl (C=O) groups excluding carboxylic acids is 2. The Hall–Kier alpha value is -1.63. The van der Waals surface area contributed by atoms with Crippen LogP contribution in [0.2, 0.25) is 0 Å². The number of carboxylic acid groups (broad SMARTS) is 1. The van der Waals surface area contributed by atoms with Crippen LogP contribution in [0.3, 0.4) is 0 Å². The number of aliphatic carboxylic acids is 1. The number of carbonyl (C=O) groups is 3. The molecule has 1 fully saturated rings. The molecule has 1 aliphatic rings. The number of rotatable bonds is 9. The van der Waals surface area contributed by atoms with Crippen molar-refractivity contribution in [3.8, 4) is 0 Å². The molecule has 0 aliphatic heterocycles. The van der Waals surface area contributed by atoms with Gasteiger partial charge in [0.15, 0.2) is 0 Å². The molecule has 3 N–H and O–H groups in total. The van der Waals surface area contributed by atoms with Gasteiger partial charge in [-0.2, -0.15) is 0 Å². The van der Waals surface area contributed by atoms with Crippen LogP contribution in [0.4, 0.5) is 0 Å². The maximum atomic E-state index is 11.8. The van der Waals surface area contributed by atoms with Gasteiger partial charge in [0.2, 0.25) is 11.8 Å². The lowest BCUT2D eigenvalue weighted by Crippen LogP contribution is -2.46. The Bertz CT molecular complexity index is 439. The van der Waals surface area contributed by atoms with E-state index in [1.165, 1.54) is 6.42 Å². The first kappa shape index (κ1) is 20.4. The van der Waals surface area contributed by atoms with Crippen molar-refractivity contribution in [3.63, 3.8) is 0 Å². The van der Waals surface area contributed by atoms with E-state index in [9.17, 15) is 14.4 Å². The summed E-state index contributed by atoms with van der Waals surface area (Å²) in [7, 11) is 0. The monoisotopic (exact) mass is 342 g/mol. The van der Waals surface area contributed by atoms with Gasteiger partial charge in [-0.25, -0.2) is 4.79 Å². The van der Waals surface area contributed by atoms with Crippen molar-refractivity contribution < 1.29 is 24.2 Å². The average Bonchev–Trinajstić information content (AvgIpc) is 2.51. The first-order chi connectivity index (χ1) is 11.3. The SMILES string of the molecule is CC(C)C[C@H](NC(=O)CNC(=O)COC1CCCCC1C)C(=O)O. The van der Waals surface area contributed by atoms with E-state index in [1.54, 1.807) is 0 Å². The number of nitrogens with one attached hydrogen (secondary N) is 2. The van der Waals surface area contributed by atoms with Crippen molar-refractivity contribution in [2.24, 2.45) is 11.8 Å². The van der Waals surface area contributed by atoms with Crippen LogP contribution in [0.5, 0.6) is 0 Å². The van der Waals surface area contributed by atoms with Gasteiger partial charge >= 0.3 is 5.97 Å². The Labute approximate surface area is 143 Å². The average molecular weight is 342 g/mol. The lowest BCUT2D eigenvalue weighted by atomic mass is 9.88. The van der Waals surface area contributed by atoms with Crippen molar-refractivity contribution in [1.82, 2.24) is 10.6 Å². The molecule has 0 aromatic carbocycles. The largest absolute Gasteiger partial charge is 0.480 e.